The smallest absolute Gasteiger partial charge is 0.323 e. The summed E-state index contributed by atoms with van der Waals surface area (Å²) in [6, 6.07) is 12.2. The highest BCUT2D eigenvalue weighted by molar-refractivity contribution is 5.85. The fraction of sp³-hybridized carbons (Fsp3) is 0.300. The molecule has 0 radical (unpaired) electrons. The highest BCUT2D eigenvalue weighted by Crippen LogP contribution is 2.37. The maximum Gasteiger partial charge on any atom is 0.323 e. The van der Waals surface area contributed by atoms with E-state index in [4.69, 9.17) is 25.2 Å². The Hall–Kier alpha value is -2.75. The molecule has 1 atom stereocenters. The number of carbonyl (C=O) groups excluding carboxylic acids is 1. The summed E-state index contributed by atoms with van der Waals surface area (Å²) in [5.74, 6) is 0.782. The molecule has 2 aromatic carbocycles. The van der Waals surface area contributed by atoms with Crippen molar-refractivity contribution >= 4 is 18.4 Å². The monoisotopic (exact) mass is 390 g/mol. The Balaban J connectivity index is 0.00000364. The van der Waals surface area contributed by atoms with Crippen molar-refractivity contribution in [3.63, 3.8) is 0 Å². The summed E-state index contributed by atoms with van der Waals surface area (Å²) in [4.78, 5) is 11.7. The number of hydrogen-bond acceptors (Lipinski definition) is 6. The molecule has 0 spiro atoms. The lowest BCUT2D eigenvalue weighted by atomic mass is 9.98. The molecular weight excluding hydrogens is 368 g/mol. The van der Waals surface area contributed by atoms with Crippen molar-refractivity contribution in [2.45, 2.75) is 19.4 Å². The van der Waals surface area contributed by atoms with Gasteiger partial charge in [0.15, 0.2) is 0 Å². The summed E-state index contributed by atoms with van der Waals surface area (Å²) < 4.78 is 15.9. The standard InChI is InChI=1S/C20H22N2O4.ClH/c1-4-26-20(23)17(22)9-13-5-7-15(18(10-13)24-2)16-8-6-14(12-21)11-19(16)25-3;/h5-8,10-11,17H,4,9,22H2,1-3H3;1H/t17-;/m0./s1. The second-order valence-corrected chi connectivity index (χ2v) is 5.62. The molecule has 7 heteroatoms. The topological polar surface area (TPSA) is 94.6 Å². The minimum Gasteiger partial charge on any atom is -0.496 e. The molecule has 0 bridgehead atoms. The van der Waals surface area contributed by atoms with E-state index in [0.717, 1.165) is 16.7 Å². The van der Waals surface area contributed by atoms with Crippen LogP contribution < -0.4 is 15.2 Å². The molecular formula is C20H23ClN2O4. The van der Waals surface area contributed by atoms with Crippen LogP contribution in [0.2, 0.25) is 0 Å². The largest absolute Gasteiger partial charge is 0.496 e. The van der Waals surface area contributed by atoms with Crippen LogP contribution in [-0.4, -0.2) is 32.8 Å². The van der Waals surface area contributed by atoms with Gasteiger partial charge < -0.3 is 19.9 Å². The van der Waals surface area contributed by atoms with Gasteiger partial charge in [-0.1, -0.05) is 12.1 Å². The Labute approximate surface area is 165 Å². The third-order valence-electron chi connectivity index (χ3n) is 3.93. The molecule has 144 valence electrons. The molecule has 2 aromatic rings. The predicted molar refractivity (Wildman–Crippen MR) is 105 cm³/mol. The van der Waals surface area contributed by atoms with Crippen LogP contribution >= 0.6 is 12.4 Å². The molecule has 0 aromatic heterocycles. The number of nitrogens with zero attached hydrogens (tertiary/aromatic N) is 1. The summed E-state index contributed by atoms with van der Waals surface area (Å²) in [7, 11) is 3.13. The van der Waals surface area contributed by atoms with Crippen molar-refractivity contribution in [3.8, 4) is 28.7 Å². The van der Waals surface area contributed by atoms with Crippen LogP contribution in [0.25, 0.3) is 11.1 Å². The number of carbonyl (C=O) groups is 1. The number of ether oxygens (including phenoxy) is 3. The number of methoxy groups -OCH3 is 2. The quantitative estimate of drug-likeness (QED) is 0.730. The molecule has 2 N–H and O–H groups in total. The van der Waals surface area contributed by atoms with Crippen LogP contribution in [0, 0.1) is 11.3 Å². The molecule has 0 heterocycles. The lowest BCUT2D eigenvalue weighted by Gasteiger charge is -2.15. The van der Waals surface area contributed by atoms with E-state index < -0.39 is 12.0 Å². The van der Waals surface area contributed by atoms with Gasteiger partial charge in [-0.25, -0.2) is 0 Å². The molecule has 0 amide bonds. The third kappa shape index (κ3) is 5.36. The molecule has 27 heavy (non-hydrogen) atoms. The van der Waals surface area contributed by atoms with Crippen molar-refractivity contribution in [1.29, 1.82) is 5.26 Å². The minimum atomic E-state index is -0.727. The van der Waals surface area contributed by atoms with Gasteiger partial charge in [-0.15, -0.1) is 12.4 Å². The first-order valence-electron chi connectivity index (χ1n) is 8.21. The third-order valence-corrected chi connectivity index (χ3v) is 3.93. The van der Waals surface area contributed by atoms with Gasteiger partial charge in [0, 0.05) is 11.1 Å². The van der Waals surface area contributed by atoms with Gasteiger partial charge in [0.05, 0.1) is 32.5 Å². The van der Waals surface area contributed by atoms with Crippen molar-refractivity contribution in [1.82, 2.24) is 0 Å². The van der Waals surface area contributed by atoms with Crippen molar-refractivity contribution in [2.75, 3.05) is 20.8 Å². The van der Waals surface area contributed by atoms with E-state index in [9.17, 15) is 4.79 Å². The number of hydrogen-bond donors (Lipinski definition) is 1. The highest BCUT2D eigenvalue weighted by atomic mass is 35.5. The second kappa shape index (κ2) is 10.4. The molecule has 0 aliphatic heterocycles. The first kappa shape index (κ1) is 22.3. The van der Waals surface area contributed by atoms with E-state index >= 15 is 0 Å². The van der Waals surface area contributed by atoms with Crippen molar-refractivity contribution in [3.05, 3.63) is 47.5 Å². The van der Waals surface area contributed by atoms with Gasteiger partial charge in [0.1, 0.15) is 17.5 Å². The zero-order valence-corrected chi connectivity index (χ0v) is 16.3. The first-order chi connectivity index (χ1) is 12.5. The van der Waals surface area contributed by atoms with Crippen LogP contribution in [0.1, 0.15) is 18.1 Å². The normalized spacial score (nSPS) is 10.9. The Kier molecular flexibility index (Phi) is 8.60. The molecule has 0 aliphatic carbocycles. The average Bonchev–Trinajstić information content (AvgIpc) is 2.67. The Bertz CT molecular complexity index is 833. The van der Waals surface area contributed by atoms with E-state index in [1.807, 2.05) is 24.3 Å². The van der Waals surface area contributed by atoms with Crippen LogP contribution in [0.4, 0.5) is 0 Å². The Morgan fingerprint density at radius 3 is 2.26 bits per heavy atom. The molecule has 0 aliphatic rings. The van der Waals surface area contributed by atoms with Gasteiger partial charge in [0.2, 0.25) is 0 Å². The summed E-state index contributed by atoms with van der Waals surface area (Å²) >= 11 is 0. The van der Waals surface area contributed by atoms with Crippen LogP contribution in [0.3, 0.4) is 0 Å². The fourth-order valence-corrected chi connectivity index (χ4v) is 2.65. The maximum absolute atomic E-state index is 11.7. The van der Waals surface area contributed by atoms with Gasteiger partial charge in [-0.3, -0.25) is 4.79 Å². The SMILES string of the molecule is CCOC(=O)[C@@H](N)Cc1ccc(-c2ccc(C#N)cc2OC)c(OC)c1.Cl. The average molecular weight is 391 g/mol. The van der Waals surface area contributed by atoms with Crippen molar-refractivity contribution in [2.24, 2.45) is 5.73 Å². The van der Waals surface area contributed by atoms with E-state index in [2.05, 4.69) is 6.07 Å². The number of rotatable bonds is 7. The predicted octanol–water partition coefficient (Wildman–Crippen LogP) is 3.10. The number of halogens is 1. The molecule has 0 fully saturated rings. The second-order valence-electron chi connectivity index (χ2n) is 5.62. The summed E-state index contributed by atoms with van der Waals surface area (Å²) in [6.45, 7) is 2.04. The van der Waals surface area contributed by atoms with E-state index in [0.29, 0.717) is 30.1 Å². The summed E-state index contributed by atoms with van der Waals surface area (Å²) in [5, 5.41) is 9.04. The maximum atomic E-state index is 11.7. The highest BCUT2D eigenvalue weighted by Gasteiger charge is 2.17. The lowest BCUT2D eigenvalue weighted by Crippen LogP contribution is -2.34. The number of nitriles is 1. The summed E-state index contributed by atoms with van der Waals surface area (Å²) in [5.41, 5.74) is 8.89. The lowest BCUT2D eigenvalue weighted by molar-refractivity contribution is -0.144. The zero-order valence-electron chi connectivity index (χ0n) is 15.5. The number of esters is 1. The molecule has 0 saturated heterocycles. The van der Waals surface area contributed by atoms with Gasteiger partial charge in [-0.05, 0) is 43.2 Å². The van der Waals surface area contributed by atoms with Crippen molar-refractivity contribution < 1.29 is 19.0 Å². The number of benzene rings is 2. The molecule has 2 rings (SSSR count). The number of nitrogens with two attached hydrogens (primary N) is 1. The first-order valence-corrected chi connectivity index (χ1v) is 8.21. The zero-order chi connectivity index (χ0) is 19.1. The van der Waals surface area contributed by atoms with Crippen LogP contribution in [0.15, 0.2) is 36.4 Å². The molecule has 0 unspecified atom stereocenters. The van der Waals surface area contributed by atoms with E-state index in [-0.39, 0.29) is 12.4 Å². The fourth-order valence-electron chi connectivity index (χ4n) is 2.65. The van der Waals surface area contributed by atoms with Gasteiger partial charge in [-0.2, -0.15) is 5.26 Å². The summed E-state index contributed by atoms with van der Waals surface area (Å²) in [6.07, 6.45) is 0.347. The Morgan fingerprint density at radius 2 is 1.70 bits per heavy atom. The van der Waals surface area contributed by atoms with E-state index in [1.54, 1.807) is 33.3 Å². The van der Waals surface area contributed by atoms with E-state index in [1.165, 1.54) is 0 Å². The van der Waals surface area contributed by atoms with Gasteiger partial charge in [0.25, 0.3) is 0 Å². The minimum absolute atomic E-state index is 0. The van der Waals surface area contributed by atoms with Crippen LogP contribution in [-0.2, 0) is 16.0 Å². The molecule has 6 nitrogen and oxygen atoms in total. The molecule has 0 saturated carbocycles. The van der Waals surface area contributed by atoms with Gasteiger partial charge >= 0.3 is 5.97 Å². The Morgan fingerprint density at radius 1 is 1.11 bits per heavy atom. The van der Waals surface area contributed by atoms with Crippen LogP contribution in [0.5, 0.6) is 11.5 Å².